The molecule has 0 unspecified atom stereocenters. The van der Waals surface area contributed by atoms with Crippen molar-refractivity contribution in [2.75, 3.05) is 11.3 Å². The third-order valence-corrected chi connectivity index (χ3v) is 8.93. The molecule has 0 spiro atoms. The van der Waals surface area contributed by atoms with E-state index in [4.69, 9.17) is 21.6 Å². The summed E-state index contributed by atoms with van der Waals surface area (Å²) < 4.78 is 34.5. The summed E-state index contributed by atoms with van der Waals surface area (Å²) in [4.78, 5) is 29.9. The largest absolute Gasteiger partial charge is 0.473 e. The van der Waals surface area contributed by atoms with Gasteiger partial charge in [-0.1, -0.05) is 29.8 Å². The number of halogens is 1. The summed E-state index contributed by atoms with van der Waals surface area (Å²) in [7, 11) is -2.43. The number of pyridine rings is 2. The van der Waals surface area contributed by atoms with Crippen molar-refractivity contribution in [1.82, 2.24) is 25.1 Å². The molecule has 204 valence electrons. The van der Waals surface area contributed by atoms with Crippen molar-refractivity contribution < 1.29 is 17.9 Å². The molecule has 1 aliphatic carbocycles. The Labute approximate surface area is 233 Å². The monoisotopic (exact) mass is 579 g/mol. The number of amides is 1. The number of anilines is 1. The van der Waals surface area contributed by atoms with Gasteiger partial charge in [-0.25, -0.2) is 13.4 Å². The highest BCUT2D eigenvalue weighted by Crippen LogP contribution is 2.44. The van der Waals surface area contributed by atoms with Gasteiger partial charge in [0.1, 0.15) is 33.4 Å². The van der Waals surface area contributed by atoms with Crippen LogP contribution in [-0.4, -0.2) is 45.4 Å². The van der Waals surface area contributed by atoms with E-state index in [9.17, 15) is 18.0 Å². The fraction of sp³-hybridized carbons (Fsp3) is 0.231. The molecule has 1 fully saturated rings. The first kappa shape index (κ1) is 27.0. The van der Waals surface area contributed by atoms with Gasteiger partial charge < -0.3 is 14.6 Å². The minimum Gasteiger partial charge on any atom is -0.473 e. The standard InChI is InChI=1S/C26H22ClN7O5S/c1-34-22-18(11-19(25(34)36)23(35)29-13-17-7-5-16(12-28)6-8-17)14-30-32-24(22)39-15-26(9-10-26)40(37,38)33-21-4-2-3-20(27)31-21/h2-8,11,14H,9-10,13,15H2,1H3,(H,29,35)(H,31,33). The molecule has 0 bridgehead atoms. The molecule has 1 saturated carbocycles. The number of hydrogen-bond donors (Lipinski definition) is 2. The summed E-state index contributed by atoms with van der Waals surface area (Å²) in [5.41, 5.74) is 0.821. The van der Waals surface area contributed by atoms with Gasteiger partial charge in [0.15, 0.2) is 0 Å². The van der Waals surface area contributed by atoms with E-state index >= 15 is 0 Å². The number of aromatic nitrogens is 4. The van der Waals surface area contributed by atoms with E-state index in [0.29, 0.717) is 23.8 Å². The quantitative estimate of drug-likeness (QED) is 0.283. The van der Waals surface area contributed by atoms with E-state index in [1.807, 2.05) is 6.07 Å². The van der Waals surface area contributed by atoms with E-state index in [1.165, 1.54) is 36.0 Å². The summed E-state index contributed by atoms with van der Waals surface area (Å²) in [6.45, 7) is -0.0816. The highest BCUT2D eigenvalue weighted by Gasteiger charge is 2.56. The number of fused-ring (bicyclic) bond motifs is 1. The number of hydrogen-bond acceptors (Lipinski definition) is 9. The van der Waals surface area contributed by atoms with E-state index in [1.54, 1.807) is 30.3 Å². The Morgan fingerprint density at radius 1 is 1.23 bits per heavy atom. The molecule has 3 heterocycles. The minimum absolute atomic E-state index is 0.0380. The van der Waals surface area contributed by atoms with Gasteiger partial charge in [-0.3, -0.25) is 14.3 Å². The number of rotatable bonds is 9. The van der Waals surface area contributed by atoms with Crippen molar-refractivity contribution in [1.29, 1.82) is 5.26 Å². The number of nitriles is 1. The number of aryl methyl sites for hydroxylation is 1. The Balaban J connectivity index is 1.34. The number of sulfonamides is 1. The van der Waals surface area contributed by atoms with Crippen LogP contribution in [0.5, 0.6) is 5.88 Å². The number of carbonyl (C=O) groups excluding carboxylic acids is 1. The lowest BCUT2D eigenvalue weighted by atomic mass is 10.1. The van der Waals surface area contributed by atoms with Crippen LogP contribution in [0, 0.1) is 11.3 Å². The first-order chi connectivity index (χ1) is 19.1. The van der Waals surface area contributed by atoms with Gasteiger partial charge in [0, 0.05) is 19.0 Å². The maximum absolute atomic E-state index is 13.1. The average molecular weight is 580 g/mol. The maximum Gasteiger partial charge on any atom is 0.263 e. The molecule has 3 aromatic heterocycles. The molecule has 1 amide bonds. The first-order valence-electron chi connectivity index (χ1n) is 12.0. The Morgan fingerprint density at radius 3 is 2.65 bits per heavy atom. The SMILES string of the molecule is Cn1c(=O)c(C(=O)NCc2ccc(C#N)cc2)cc2cnnc(OCC3(S(=O)(=O)Nc4cccc(Cl)n4)CC3)c21. The zero-order valence-corrected chi connectivity index (χ0v) is 22.7. The molecule has 0 saturated heterocycles. The number of benzene rings is 1. The summed E-state index contributed by atoms with van der Waals surface area (Å²) in [5.74, 6) is -0.532. The van der Waals surface area contributed by atoms with Crippen molar-refractivity contribution in [2.24, 2.45) is 7.05 Å². The van der Waals surface area contributed by atoms with Gasteiger partial charge >= 0.3 is 0 Å². The van der Waals surface area contributed by atoms with E-state index < -0.39 is 26.2 Å². The molecule has 1 aromatic carbocycles. The van der Waals surface area contributed by atoms with Gasteiger partial charge in [-0.2, -0.15) is 10.4 Å². The third kappa shape index (κ3) is 5.31. The van der Waals surface area contributed by atoms with Crippen LogP contribution in [0.1, 0.15) is 34.3 Å². The highest BCUT2D eigenvalue weighted by atomic mass is 35.5. The van der Waals surface area contributed by atoms with Crippen LogP contribution in [0.15, 0.2) is 59.5 Å². The zero-order valence-electron chi connectivity index (χ0n) is 21.1. The van der Waals surface area contributed by atoms with E-state index in [0.717, 1.165) is 5.56 Å². The molecular weight excluding hydrogens is 558 g/mol. The molecule has 14 heteroatoms. The molecule has 5 rings (SSSR count). The second-order valence-corrected chi connectivity index (χ2v) is 11.8. The molecule has 0 radical (unpaired) electrons. The maximum atomic E-state index is 13.1. The van der Waals surface area contributed by atoms with E-state index in [2.05, 4.69) is 25.2 Å². The molecular formula is C26H22ClN7O5S. The van der Waals surface area contributed by atoms with Crippen molar-refractivity contribution in [3.05, 3.63) is 86.9 Å². The van der Waals surface area contributed by atoms with Crippen molar-refractivity contribution in [2.45, 2.75) is 24.1 Å². The summed E-state index contributed by atoms with van der Waals surface area (Å²) >= 11 is 5.87. The van der Waals surface area contributed by atoms with Gasteiger partial charge in [0.05, 0.1) is 17.8 Å². The predicted octanol–water partition coefficient (Wildman–Crippen LogP) is 2.53. The van der Waals surface area contributed by atoms with Crippen LogP contribution < -0.4 is 20.3 Å². The van der Waals surface area contributed by atoms with Crippen LogP contribution in [0.3, 0.4) is 0 Å². The van der Waals surface area contributed by atoms with Gasteiger partial charge in [-0.05, 0) is 48.7 Å². The van der Waals surface area contributed by atoms with Crippen LogP contribution in [-0.2, 0) is 23.6 Å². The fourth-order valence-corrected chi connectivity index (χ4v) is 5.72. The van der Waals surface area contributed by atoms with Crippen molar-refractivity contribution >= 4 is 44.3 Å². The lowest BCUT2D eigenvalue weighted by Crippen LogP contribution is -2.36. The Kier molecular flexibility index (Phi) is 7.14. The predicted molar refractivity (Wildman–Crippen MR) is 146 cm³/mol. The molecule has 12 nitrogen and oxygen atoms in total. The van der Waals surface area contributed by atoms with Crippen LogP contribution in [0.4, 0.5) is 5.82 Å². The Bertz CT molecular complexity index is 1830. The zero-order chi connectivity index (χ0) is 28.5. The molecule has 4 aromatic rings. The topological polar surface area (TPSA) is 169 Å². The van der Waals surface area contributed by atoms with Gasteiger partial charge in [-0.15, -0.1) is 5.10 Å². The smallest absolute Gasteiger partial charge is 0.263 e. The van der Waals surface area contributed by atoms with E-state index in [-0.39, 0.29) is 41.1 Å². The summed E-state index contributed by atoms with van der Waals surface area (Å²) in [6, 6.07) is 14.7. The normalized spacial score (nSPS) is 13.8. The molecule has 0 atom stereocenters. The van der Waals surface area contributed by atoms with Crippen LogP contribution >= 0.6 is 11.6 Å². The number of nitrogens with one attached hydrogen (secondary N) is 2. The number of nitrogens with zero attached hydrogens (tertiary/aromatic N) is 5. The first-order valence-corrected chi connectivity index (χ1v) is 13.9. The lowest BCUT2D eigenvalue weighted by Gasteiger charge is -2.18. The van der Waals surface area contributed by atoms with Gasteiger partial charge in [0.2, 0.25) is 10.0 Å². The average Bonchev–Trinajstić information content (AvgIpc) is 3.74. The van der Waals surface area contributed by atoms with Crippen LogP contribution in [0.2, 0.25) is 5.15 Å². The second kappa shape index (κ2) is 10.6. The molecule has 0 aliphatic heterocycles. The fourth-order valence-electron chi connectivity index (χ4n) is 4.09. The molecule has 1 aliphatic rings. The van der Waals surface area contributed by atoms with Crippen molar-refractivity contribution in [3.63, 3.8) is 0 Å². The Hall–Kier alpha value is -4.54. The molecule has 40 heavy (non-hydrogen) atoms. The van der Waals surface area contributed by atoms with Crippen LogP contribution in [0.25, 0.3) is 10.9 Å². The number of ether oxygens (including phenoxy) is 1. The minimum atomic E-state index is -3.89. The second-order valence-electron chi connectivity index (χ2n) is 9.29. The number of carbonyl (C=O) groups is 1. The lowest BCUT2D eigenvalue weighted by molar-refractivity contribution is 0.0949. The summed E-state index contributed by atoms with van der Waals surface area (Å²) in [5, 5.41) is 20.1. The Morgan fingerprint density at radius 2 is 1.98 bits per heavy atom. The molecule has 2 N–H and O–H groups in total. The van der Waals surface area contributed by atoms with Crippen molar-refractivity contribution in [3.8, 4) is 11.9 Å². The third-order valence-electron chi connectivity index (χ3n) is 6.58. The summed E-state index contributed by atoms with van der Waals surface area (Å²) in [6.07, 6.45) is 2.09. The highest BCUT2D eigenvalue weighted by molar-refractivity contribution is 7.94. The van der Waals surface area contributed by atoms with Gasteiger partial charge in [0.25, 0.3) is 17.3 Å².